The van der Waals surface area contributed by atoms with Crippen LogP contribution in [0.25, 0.3) is 5.69 Å². The summed E-state index contributed by atoms with van der Waals surface area (Å²) in [5, 5.41) is 27.4. The van der Waals surface area contributed by atoms with Gasteiger partial charge in [0, 0.05) is 19.2 Å². The summed E-state index contributed by atoms with van der Waals surface area (Å²) in [6.07, 6.45) is 3.60. The van der Waals surface area contributed by atoms with Crippen molar-refractivity contribution in [3.63, 3.8) is 0 Å². The van der Waals surface area contributed by atoms with Crippen molar-refractivity contribution >= 4 is 11.8 Å². The van der Waals surface area contributed by atoms with Crippen molar-refractivity contribution < 1.29 is 15.0 Å². The molecular formula is C17H22N4O3. The number of nitrogens with zero attached hydrogens (tertiary/aromatic N) is 4. The number of aliphatic hydroxyl groups is 1. The van der Waals surface area contributed by atoms with Crippen molar-refractivity contribution in [1.82, 2.24) is 15.0 Å². The monoisotopic (exact) mass is 330 g/mol. The van der Waals surface area contributed by atoms with Gasteiger partial charge in [-0.1, -0.05) is 17.7 Å². The smallest absolute Gasteiger partial charge is 0.360 e. The summed E-state index contributed by atoms with van der Waals surface area (Å²) in [5.74, 6) is -0.696. The highest BCUT2D eigenvalue weighted by Gasteiger charge is 2.30. The zero-order valence-corrected chi connectivity index (χ0v) is 13.7. The number of carboxylic acids is 1. The number of aryl methyl sites for hydroxylation is 1. The Balaban J connectivity index is 1.99. The first-order valence-corrected chi connectivity index (χ1v) is 8.25. The predicted molar refractivity (Wildman–Crippen MR) is 89.7 cm³/mol. The first-order valence-electron chi connectivity index (χ1n) is 8.25. The van der Waals surface area contributed by atoms with Gasteiger partial charge in [0.05, 0.1) is 5.69 Å². The Bertz CT molecular complexity index is 709. The van der Waals surface area contributed by atoms with Crippen LogP contribution in [0.2, 0.25) is 0 Å². The number of aromatic nitrogens is 3. The SMILES string of the molecule is Cc1ccc(-n2nc(C(=O)O)c(N3CCCCC3CCO)n2)cc1. The predicted octanol–water partition coefficient (Wildman–Crippen LogP) is 2.02. The van der Waals surface area contributed by atoms with E-state index >= 15 is 0 Å². The van der Waals surface area contributed by atoms with E-state index in [1.165, 1.54) is 4.80 Å². The molecule has 1 aliphatic heterocycles. The van der Waals surface area contributed by atoms with Crippen LogP contribution < -0.4 is 4.90 Å². The Kier molecular flexibility index (Phi) is 4.80. The topological polar surface area (TPSA) is 91.5 Å². The third kappa shape index (κ3) is 3.26. The summed E-state index contributed by atoms with van der Waals surface area (Å²) >= 11 is 0. The summed E-state index contributed by atoms with van der Waals surface area (Å²) in [7, 11) is 0. The number of piperidine rings is 1. The molecule has 1 aliphatic rings. The van der Waals surface area contributed by atoms with Gasteiger partial charge < -0.3 is 15.1 Å². The zero-order valence-electron chi connectivity index (χ0n) is 13.7. The number of rotatable bonds is 5. The van der Waals surface area contributed by atoms with Crippen molar-refractivity contribution in [2.75, 3.05) is 18.1 Å². The molecule has 1 saturated heterocycles. The highest BCUT2D eigenvalue weighted by molar-refractivity contribution is 5.91. The molecule has 0 aliphatic carbocycles. The maximum atomic E-state index is 11.6. The standard InChI is InChI=1S/C17H22N4O3/c1-12-5-7-14(8-6-12)21-18-15(17(23)24)16(19-21)20-10-3-2-4-13(20)9-11-22/h5-8,13,22H,2-4,9-11H2,1H3,(H,23,24). The minimum atomic E-state index is -1.09. The molecular weight excluding hydrogens is 308 g/mol. The molecule has 1 aromatic carbocycles. The summed E-state index contributed by atoms with van der Waals surface area (Å²) in [6, 6.07) is 7.71. The summed E-state index contributed by atoms with van der Waals surface area (Å²) in [5.41, 5.74) is 1.80. The maximum absolute atomic E-state index is 11.6. The Morgan fingerprint density at radius 1 is 1.25 bits per heavy atom. The van der Waals surface area contributed by atoms with Gasteiger partial charge >= 0.3 is 5.97 Å². The largest absolute Gasteiger partial charge is 0.476 e. The van der Waals surface area contributed by atoms with E-state index in [1.54, 1.807) is 0 Å². The lowest BCUT2D eigenvalue weighted by molar-refractivity contribution is 0.0690. The second kappa shape index (κ2) is 7.00. The number of carboxylic acid groups (broad SMARTS) is 1. The maximum Gasteiger partial charge on any atom is 0.360 e. The molecule has 0 amide bonds. The average Bonchev–Trinajstić information content (AvgIpc) is 3.02. The van der Waals surface area contributed by atoms with Crippen LogP contribution in [-0.2, 0) is 0 Å². The molecule has 2 aromatic rings. The molecule has 1 atom stereocenters. The molecule has 2 heterocycles. The Hall–Kier alpha value is -2.41. The Morgan fingerprint density at radius 3 is 2.67 bits per heavy atom. The summed E-state index contributed by atoms with van der Waals surface area (Å²) in [4.78, 5) is 15.0. The van der Waals surface area contributed by atoms with Crippen molar-refractivity contribution in [3.05, 3.63) is 35.5 Å². The number of aliphatic hydroxyl groups excluding tert-OH is 1. The number of aromatic carboxylic acids is 1. The highest BCUT2D eigenvalue weighted by atomic mass is 16.4. The van der Waals surface area contributed by atoms with Crippen LogP contribution in [0.1, 0.15) is 41.7 Å². The van der Waals surface area contributed by atoms with E-state index in [9.17, 15) is 15.0 Å². The molecule has 0 radical (unpaired) electrons. The lowest BCUT2D eigenvalue weighted by atomic mass is 9.99. The molecule has 1 unspecified atom stereocenters. The van der Waals surface area contributed by atoms with E-state index in [1.807, 2.05) is 36.1 Å². The van der Waals surface area contributed by atoms with Crippen LogP contribution in [0.3, 0.4) is 0 Å². The quantitative estimate of drug-likeness (QED) is 0.871. The molecule has 0 spiro atoms. The fraction of sp³-hybridized carbons (Fsp3) is 0.471. The Labute approximate surface area is 140 Å². The van der Waals surface area contributed by atoms with Crippen molar-refractivity contribution in [2.45, 2.75) is 38.6 Å². The van der Waals surface area contributed by atoms with Gasteiger partial charge in [0.1, 0.15) is 0 Å². The average molecular weight is 330 g/mol. The number of hydrogen-bond acceptors (Lipinski definition) is 5. The van der Waals surface area contributed by atoms with Crippen LogP contribution in [0.4, 0.5) is 5.82 Å². The van der Waals surface area contributed by atoms with Gasteiger partial charge in [-0.2, -0.15) is 0 Å². The number of benzene rings is 1. The number of carbonyl (C=O) groups is 1. The molecule has 7 heteroatoms. The fourth-order valence-corrected chi connectivity index (χ4v) is 3.15. The third-order valence-corrected chi connectivity index (χ3v) is 4.42. The van der Waals surface area contributed by atoms with Gasteiger partial charge in [-0.15, -0.1) is 15.0 Å². The molecule has 128 valence electrons. The molecule has 0 bridgehead atoms. The van der Waals surface area contributed by atoms with Gasteiger partial charge in [-0.25, -0.2) is 4.79 Å². The van der Waals surface area contributed by atoms with Crippen LogP contribution in [0.15, 0.2) is 24.3 Å². The van der Waals surface area contributed by atoms with Gasteiger partial charge in [0.25, 0.3) is 0 Å². The van der Waals surface area contributed by atoms with Crippen LogP contribution in [0, 0.1) is 6.92 Å². The third-order valence-electron chi connectivity index (χ3n) is 4.42. The highest BCUT2D eigenvalue weighted by Crippen LogP contribution is 2.27. The minimum Gasteiger partial charge on any atom is -0.476 e. The van der Waals surface area contributed by atoms with Crippen molar-refractivity contribution in [3.8, 4) is 5.69 Å². The lowest BCUT2D eigenvalue weighted by Gasteiger charge is -2.35. The van der Waals surface area contributed by atoms with Crippen LogP contribution in [-0.4, -0.2) is 50.4 Å². The first kappa shape index (κ1) is 16.4. The molecule has 2 N–H and O–H groups in total. The first-order chi connectivity index (χ1) is 11.6. The van der Waals surface area contributed by atoms with E-state index in [0.717, 1.165) is 37.1 Å². The molecule has 0 saturated carbocycles. The van der Waals surface area contributed by atoms with E-state index < -0.39 is 5.97 Å². The van der Waals surface area contributed by atoms with E-state index in [0.29, 0.717) is 12.2 Å². The summed E-state index contributed by atoms with van der Waals surface area (Å²) < 4.78 is 0. The van der Waals surface area contributed by atoms with E-state index in [4.69, 9.17) is 0 Å². The van der Waals surface area contributed by atoms with Gasteiger partial charge in [0.15, 0.2) is 5.82 Å². The van der Waals surface area contributed by atoms with Crippen molar-refractivity contribution in [1.29, 1.82) is 0 Å². The molecule has 24 heavy (non-hydrogen) atoms. The lowest BCUT2D eigenvalue weighted by Crippen LogP contribution is -2.41. The van der Waals surface area contributed by atoms with Crippen LogP contribution >= 0.6 is 0 Å². The van der Waals surface area contributed by atoms with E-state index in [2.05, 4.69) is 10.2 Å². The van der Waals surface area contributed by atoms with Gasteiger partial charge in [-0.3, -0.25) is 0 Å². The van der Waals surface area contributed by atoms with Gasteiger partial charge in [-0.05, 0) is 44.7 Å². The molecule has 7 nitrogen and oxygen atoms in total. The second-order valence-corrected chi connectivity index (χ2v) is 6.16. The zero-order chi connectivity index (χ0) is 17.1. The number of hydrogen-bond donors (Lipinski definition) is 2. The normalized spacial score (nSPS) is 17.9. The van der Waals surface area contributed by atoms with Crippen molar-refractivity contribution in [2.24, 2.45) is 0 Å². The fourth-order valence-electron chi connectivity index (χ4n) is 3.15. The number of anilines is 1. The minimum absolute atomic E-state index is 0.0413. The molecule has 3 rings (SSSR count). The Morgan fingerprint density at radius 2 is 2.00 bits per heavy atom. The second-order valence-electron chi connectivity index (χ2n) is 6.16. The molecule has 1 fully saturated rings. The van der Waals surface area contributed by atoms with E-state index in [-0.39, 0.29) is 18.3 Å². The molecule has 1 aromatic heterocycles. The van der Waals surface area contributed by atoms with Crippen LogP contribution in [0.5, 0.6) is 0 Å². The van der Waals surface area contributed by atoms with Gasteiger partial charge in [0.2, 0.25) is 5.69 Å². The summed E-state index contributed by atoms with van der Waals surface area (Å²) in [6.45, 7) is 2.80.